The van der Waals surface area contributed by atoms with E-state index in [1.807, 2.05) is 24.3 Å². The third-order valence-corrected chi connectivity index (χ3v) is 4.56. The Labute approximate surface area is 147 Å². The second kappa shape index (κ2) is 7.11. The van der Waals surface area contributed by atoms with Crippen LogP contribution in [0.25, 0.3) is 0 Å². The van der Waals surface area contributed by atoms with Crippen molar-refractivity contribution in [1.29, 1.82) is 0 Å². The van der Waals surface area contributed by atoms with Crippen LogP contribution in [-0.4, -0.2) is 44.0 Å². The maximum atomic E-state index is 12.5. The lowest BCUT2D eigenvalue weighted by Crippen LogP contribution is -2.44. The molecule has 1 saturated heterocycles. The molecule has 1 N–H and O–H groups in total. The zero-order valence-corrected chi connectivity index (χ0v) is 14.8. The fourth-order valence-corrected chi connectivity index (χ4v) is 3.11. The highest BCUT2D eigenvalue weighted by atomic mass is 16.4. The maximum absolute atomic E-state index is 12.5. The van der Waals surface area contributed by atoms with Gasteiger partial charge in [-0.2, -0.15) is 0 Å². The number of hydrogen-bond acceptors (Lipinski definition) is 5. The molecule has 2 aromatic rings. The number of rotatable bonds is 3. The number of benzene rings is 1. The van der Waals surface area contributed by atoms with Crippen LogP contribution in [0.15, 0.2) is 39.5 Å². The van der Waals surface area contributed by atoms with Gasteiger partial charge in [0.15, 0.2) is 0 Å². The summed E-state index contributed by atoms with van der Waals surface area (Å²) in [4.78, 5) is 28.5. The molecule has 1 amide bonds. The van der Waals surface area contributed by atoms with E-state index in [0.717, 1.165) is 31.9 Å². The molecular weight excluding hydrogens is 318 g/mol. The molecule has 0 radical (unpaired) electrons. The van der Waals surface area contributed by atoms with E-state index in [9.17, 15) is 9.59 Å². The zero-order valence-electron chi connectivity index (χ0n) is 14.8. The molecule has 3 rings (SSSR count). The Morgan fingerprint density at radius 1 is 1.08 bits per heavy atom. The largest absolute Gasteiger partial charge is 0.427 e. The summed E-state index contributed by atoms with van der Waals surface area (Å²) in [5.41, 5.74) is 2.45. The van der Waals surface area contributed by atoms with Crippen LogP contribution in [0.3, 0.4) is 0 Å². The minimum atomic E-state index is -0.442. The number of hydrogen-bond donors (Lipinski definition) is 1. The summed E-state index contributed by atoms with van der Waals surface area (Å²) in [6, 6.07) is 9.17. The van der Waals surface area contributed by atoms with Gasteiger partial charge in [-0.1, -0.05) is 0 Å². The van der Waals surface area contributed by atoms with Gasteiger partial charge in [-0.15, -0.1) is 0 Å². The molecule has 2 heterocycles. The first-order valence-electron chi connectivity index (χ1n) is 8.40. The van der Waals surface area contributed by atoms with Gasteiger partial charge in [0.1, 0.15) is 5.76 Å². The number of carbonyl (C=O) groups excluding carboxylic acids is 1. The van der Waals surface area contributed by atoms with E-state index in [0.29, 0.717) is 22.6 Å². The van der Waals surface area contributed by atoms with Crippen molar-refractivity contribution in [3.8, 4) is 0 Å². The van der Waals surface area contributed by atoms with E-state index in [1.54, 1.807) is 13.8 Å². The number of nitrogens with zero attached hydrogens (tertiary/aromatic N) is 2. The Bertz CT molecular complexity index is 793. The summed E-state index contributed by atoms with van der Waals surface area (Å²) >= 11 is 0. The predicted octanol–water partition coefficient (Wildman–Crippen LogP) is 2.26. The van der Waals surface area contributed by atoms with Crippen LogP contribution in [0.4, 0.5) is 11.4 Å². The van der Waals surface area contributed by atoms with E-state index in [2.05, 4.69) is 22.2 Å². The van der Waals surface area contributed by atoms with Gasteiger partial charge >= 0.3 is 5.63 Å². The summed E-state index contributed by atoms with van der Waals surface area (Å²) in [6.07, 6.45) is 0. The van der Waals surface area contributed by atoms with Crippen molar-refractivity contribution >= 4 is 17.3 Å². The Morgan fingerprint density at radius 2 is 1.72 bits per heavy atom. The lowest BCUT2D eigenvalue weighted by Gasteiger charge is -2.34. The summed E-state index contributed by atoms with van der Waals surface area (Å²) in [5, 5.41) is 2.87. The minimum Gasteiger partial charge on any atom is -0.427 e. The number of piperazine rings is 1. The number of carbonyl (C=O) groups is 1. The lowest BCUT2D eigenvalue weighted by molar-refractivity contribution is 0.102. The van der Waals surface area contributed by atoms with Gasteiger partial charge in [0.2, 0.25) is 0 Å². The van der Waals surface area contributed by atoms with Gasteiger partial charge in [-0.05, 0) is 50.7 Å². The first-order chi connectivity index (χ1) is 11.9. The zero-order chi connectivity index (χ0) is 18.0. The maximum Gasteiger partial charge on any atom is 0.336 e. The molecule has 6 heteroatoms. The van der Waals surface area contributed by atoms with Crippen LogP contribution >= 0.6 is 0 Å². The van der Waals surface area contributed by atoms with E-state index in [-0.39, 0.29) is 5.91 Å². The fraction of sp³-hybridized carbons (Fsp3) is 0.368. The first kappa shape index (κ1) is 17.2. The molecule has 1 aliphatic heterocycles. The molecule has 1 aromatic carbocycles. The van der Waals surface area contributed by atoms with Crippen LogP contribution in [0.2, 0.25) is 0 Å². The number of aryl methyl sites for hydroxylation is 2. The van der Waals surface area contributed by atoms with Crippen molar-refractivity contribution in [3.63, 3.8) is 0 Å². The molecule has 6 nitrogen and oxygen atoms in total. The van der Waals surface area contributed by atoms with Crippen molar-refractivity contribution in [3.05, 3.63) is 57.6 Å². The van der Waals surface area contributed by atoms with E-state index >= 15 is 0 Å². The Hall–Kier alpha value is -2.60. The van der Waals surface area contributed by atoms with Gasteiger partial charge in [0, 0.05) is 43.6 Å². The molecule has 0 bridgehead atoms. The van der Waals surface area contributed by atoms with Crippen molar-refractivity contribution in [1.82, 2.24) is 4.90 Å². The van der Waals surface area contributed by atoms with Crippen LogP contribution in [0, 0.1) is 13.8 Å². The second-order valence-electron chi connectivity index (χ2n) is 6.47. The van der Waals surface area contributed by atoms with Crippen LogP contribution < -0.4 is 15.8 Å². The quantitative estimate of drug-likeness (QED) is 0.928. The number of amides is 1. The monoisotopic (exact) mass is 341 g/mol. The summed E-state index contributed by atoms with van der Waals surface area (Å²) < 4.78 is 5.03. The number of anilines is 2. The molecule has 0 spiro atoms. The van der Waals surface area contributed by atoms with Crippen LogP contribution in [-0.2, 0) is 0 Å². The molecule has 132 valence electrons. The minimum absolute atomic E-state index is 0.272. The summed E-state index contributed by atoms with van der Waals surface area (Å²) in [6.45, 7) is 7.47. The van der Waals surface area contributed by atoms with E-state index < -0.39 is 5.63 Å². The SMILES string of the molecule is Cc1cc(=O)oc(C)c1C(=O)Nc1ccc(N2CCN(C)CC2)cc1. The third kappa shape index (κ3) is 3.91. The molecule has 0 saturated carbocycles. The highest BCUT2D eigenvalue weighted by Crippen LogP contribution is 2.20. The number of likely N-dealkylation sites (N-methyl/N-ethyl adjacent to an activating group) is 1. The van der Waals surface area contributed by atoms with E-state index in [4.69, 9.17) is 4.42 Å². The average molecular weight is 341 g/mol. The van der Waals surface area contributed by atoms with Gasteiger partial charge in [-0.3, -0.25) is 4.79 Å². The Morgan fingerprint density at radius 3 is 2.32 bits per heavy atom. The van der Waals surface area contributed by atoms with Crippen LogP contribution in [0.1, 0.15) is 21.7 Å². The standard InChI is InChI=1S/C19H23N3O3/c1-13-12-17(23)25-14(2)18(13)19(24)20-15-4-6-16(7-5-15)22-10-8-21(3)9-11-22/h4-7,12H,8-11H2,1-3H3,(H,20,24). The van der Waals surface area contributed by atoms with Gasteiger partial charge in [0.05, 0.1) is 5.56 Å². The van der Waals surface area contributed by atoms with Gasteiger partial charge in [0.25, 0.3) is 5.91 Å². The van der Waals surface area contributed by atoms with Gasteiger partial charge < -0.3 is 19.5 Å². The topological polar surface area (TPSA) is 65.8 Å². The lowest BCUT2D eigenvalue weighted by atomic mass is 10.1. The first-order valence-corrected chi connectivity index (χ1v) is 8.40. The molecule has 1 aliphatic rings. The summed E-state index contributed by atoms with van der Waals surface area (Å²) in [5.74, 6) is 0.0580. The molecular formula is C19H23N3O3. The molecule has 25 heavy (non-hydrogen) atoms. The average Bonchev–Trinajstić information content (AvgIpc) is 2.55. The Balaban J connectivity index is 1.71. The fourth-order valence-electron chi connectivity index (χ4n) is 3.11. The molecule has 0 unspecified atom stereocenters. The normalized spacial score (nSPS) is 15.2. The second-order valence-corrected chi connectivity index (χ2v) is 6.47. The third-order valence-electron chi connectivity index (χ3n) is 4.56. The van der Waals surface area contributed by atoms with E-state index in [1.165, 1.54) is 6.07 Å². The van der Waals surface area contributed by atoms with Crippen molar-refractivity contribution < 1.29 is 9.21 Å². The van der Waals surface area contributed by atoms with Crippen LogP contribution in [0.5, 0.6) is 0 Å². The van der Waals surface area contributed by atoms with Gasteiger partial charge in [-0.25, -0.2) is 4.79 Å². The summed E-state index contributed by atoms with van der Waals surface area (Å²) in [7, 11) is 2.13. The smallest absolute Gasteiger partial charge is 0.336 e. The van der Waals surface area contributed by atoms with Crippen molar-refractivity contribution in [2.45, 2.75) is 13.8 Å². The highest BCUT2D eigenvalue weighted by Gasteiger charge is 2.16. The highest BCUT2D eigenvalue weighted by molar-refractivity contribution is 6.05. The molecule has 1 aromatic heterocycles. The molecule has 0 aliphatic carbocycles. The molecule has 0 atom stereocenters. The number of nitrogens with one attached hydrogen (secondary N) is 1. The molecule has 1 fully saturated rings. The van der Waals surface area contributed by atoms with Crippen molar-refractivity contribution in [2.24, 2.45) is 0 Å². The van der Waals surface area contributed by atoms with Crippen molar-refractivity contribution in [2.75, 3.05) is 43.4 Å². The Kier molecular flexibility index (Phi) is 4.90. The predicted molar refractivity (Wildman–Crippen MR) is 98.6 cm³/mol.